The van der Waals surface area contributed by atoms with Crippen LogP contribution in [0.25, 0.3) is 11.3 Å². The fourth-order valence-corrected chi connectivity index (χ4v) is 4.59. The first kappa shape index (κ1) is 20.0. The zero-order valence-electron chi connectivity index (χ0n) is 14.7. The van der Waals surface area contributed by atoms with E-state index in [0.717, 1.165) is 5.56 Å². The third-order valence-corrected chi connectivity index (χ3v) is 6.77. The van der Waals surface area contributed by atoms with E-state index in [2.05, 4.69) is 14.7 Å². The molecule has 0 spiro atoms. The van der Waals surface area contributed by atoms with Gasteiger partial charge in [-0.3, -0.25) is 9.71 Å². The summed E-state index contributed by atoms with van der Waals surface area (Å²) in [6.07, 6.45) is 0. The van der Waals surface area contributed by atoms with Crippen LogP contribution in [0.15, 0.2) is 58.4 Å². The number of nitrogens with two attached hydrogens (primary N) is 1. The van der Waals surface area contributed by atoms with Crippen LogP contribution in [0.5, 0.6) is 0 Å². The van der Waals surface area contributed by atoms with Gasteiger partial charge in [-0.15, -0.1) is 0 Å². The first-order chi connectivity index (χ1) is 13.7. The van der Waals surface area contributed by atoms with Crippen LogP contribution in [-0.4, -0.2) is 19.2 Å². The number of nitrogens with zero attached hydrogens (tertiary/aromatic N) is 2. The number of aromatic nitrogens is 1. The SMILES string of the molecule is NC1=NCc2ccc(-c3ccc(NS(=O)(=O)c4ccc(Cl)c(Cl)c4)cc3Cl)nc21. The molecule has 3 aromatic rings. The van der Waals surface area contributed by atoms with E-state index < -0.39 is 10.0 Å². The fourth-order valence-electron chi connectivity index (χ4n) is 2.88. The van der Waals surface area contributed by atoms with Crippen molar-refractivity contribution in [3.63, 3.8) is 0 Å². The van der Waals surface area contributed by atoms with Crippen LogP contribution in [0, 0.1) is 0 Å². The minimum Gasteiger partial charge on any atom is -0.382 e. The zero-order chi connectivity index (χ0) is 20.8. The Hall–Kier alpha value is -2.32. The first-order valence-corrected chi connectivity index (χ1v) is 10.9. The van der Waals surface area contributed by atoms with E-state index in [1.54, 1.807) is 12.1 Å². The van der Waals surface area contributed by atoms with Gasteiger partial charge in [0, 0.05) is 11.1 Å². The summed E-state index contributed by atoms with van der Waals surface area (Å²) < 4.78 is 27.7. The number of hydrogen-bond acceptors (Lipinski definition) is 5. The molecule has 0 bridgehead atoms. The van der Waals surface area contributed by atoms with Crippen LogP contribution in [0.3, 0.4) is 0 Å². The zero-order valence-corrected chi connectivity index (χ0v) is 17.7. The number of halogens is 3. The van der Waals surface area contributed by atoms with Gasteiger partial charge in [0.2, 0.25) is 0 Å². The van der Waals surface area contributed by atoms with Gasteiger partial charge in [-0.05, 0) is 42.5 Å². The van der Waals surface area contributed by atoms with Crippen LogP contribution < -0.4 is 10.5 Å². The molecule has 0 fully saturated rings. The maximum atomic E-state index is 12.6. The van der Waals surface area contributed by atoms with Gasteiger partial charge in [0.05, 0.1) is 37.9 Å². The van der Waals surface area contributed by atoms with Crippen LogP contribution in [-0.2, 0) is 16.6 Å². The van der Waals surface area contributed by atoms with E-state index in [-0.39, 0.29) is 14.9 Å². The summed E-state index contributed by atoms with van der Waals surface area (Å²) in [5.41, 5.74) is 9.02. The second-order valence-corrected chi connectivity index (χ2v) is 9.19. The Morgan fingerprint density at radius 1 is 0.931 bits per heavy atom. The topological polar surface area (TPSA) is 97.4 Å². The number of benzene rings is 2. The first-order valence-electron chi connectivity index (χ1n) is 8.32. The molecule has 3 N–H and O–H groups in total. The average Bonchev–Trinajstić information content (AvgIpc) is 3.04. The van der Waals surface area contributed by atoms with E-state index >= 15 is 0 Å². The van der Waals surface area contributed by atoms with E-state index in [0.29, 0.717) is 40.0 Å². The van der Waals surface area contributed by atoms with Gasteiger partial charge >= 0.3 is 0 Å². The largest absolute Gasteiger partial charge is 0.382 e. The molecule has 10 heteroatoms. The summed E-state index contributed by atoms with van der Waals surface area (Å²) >= 11 is 18.2. The molecule has 0 saturated carbocycles. The van der Waals surface area contributed by atoms with E-state index in [9.17, 15) is 8.42 Å². The molecule has 2 aromatic carbocycles. The summed E-state index contributed by atoms with van der Waals surface area (Å²) in [6, 6.07) is 12.6. The maximum Gasteiger partial charge on any atom is 0.261 e. The van der Waals surface area contributed by atoms with Crippen molar-refractivity contribution in [3.8, 4) is 11.3 Å². The van der Waals surface area contributed by atoms with Gasteiger partial charge in [0.15, 0.2) is 0 Å². The Morgan fingerprint density at radius 2 is 1.72 bits per heavy atom. The summed E-state index contributed by atoms with van der Waals surface area (Å²) in [5, 5.41) is 0.749. The number of aliphatic imine (C=N–C) groups is 1. The molecule has 1 aromatic heterocycles. The molecular formula is C19H13Cl3N4O2S. The molecular weight excluding hydrogens is 455 g/mol. The molecule has 0 amide bonds. The summed E-state index contributed by atoms with van der Waals surface area (Å²) in [6.45, 7) is 0.512. The van der Waals surface area contributed by atoms with Gasteiger partial charge in [-0.25, -0.2) is 13.4 Å². The van der Waals surface area contributed by atoms with Crippen molar-refractivity contribution >= 4 is 56.3 Å². The Bertz CT molecular complexity index is 1280. The Balaban J connectivity index is 1.63. The molecule has 2 heterocycles. The summed E-state index contributed by atoms with van der Waals surface area (Å²) in [4.78, 5) is 8.68. The second kappa shape index (κ2) is 7.50. The molecule has 148 valence electrons. The fraction of sp³-hybridized carbons (Fsp3) is 0.0526. The van der Waals surface area contributed by atoms with Crippen molar-refractivity contribution in [2.45, 2.75) is 11.4 Å². The summed E-state index contributed by atoms with van der Waals surface area (Å²) in [5.74, 6) is 0.393. The van der Waals surface area contributed by atoms with Crippen molar-refractivity contribution < 1.29 is 8.42 Å². The van der Waals surface area contributed by atoms with Gasteiger partial charge in [0.25, 0.3) is 10.0 Å². The van der Waals surface area contributed by atoms with Gasteiger partial charge in [0.1, 0.15) is 11.5 Å². The molecule has 0 saturated heterocycles. The molecule has 0 aliphatic carbocycles. The minimum absolute atomic E-state index is 0.0119. The Labute approximate surface area is 182 Å². The van der Waals surface area contributed by atoms with Crippen LogP contribution >= 0.6 is 34.8 Å². The Kier molecular flexibility index (Phi) is 5.16. The third kappa shape index (κ3) is 3.91. The van der Waals surface area contributed by atoms with Gasteiger partial charge < -0.3 is 5.73 Å². The van der Waals surface area contributed by atoms with Gasteiger partial charge in [-0.2, -0.15) is 0 Å². The number of hydrogen-bond donors (Lipinski definition) is 2. The lowest BCUT2D eigenvalue weighted by atomic mass is 10.1. The molecule has 1 aliphatic heterocycles. The molecule has 4 rings (SSSR count). The highest BCUT2D eigenvalue weighted by atomic mass is 35.5. The molecule has 0 unspecified atom stereocenters. The summed E-state index contributed by atoms with van der Waals surface area (Å²) in [7, 11) is -3.86. The second-order valence-electron chi connectivity index (χ2n) is 6.28. The molecule has 0 atom stereocenters. The number of anilines is 1. The number of rotatable bonds is 4. The van der Waals surface area contributed by atoms with Crippen molar-refractivity contribution in [1.82, 2.24) is 4.98 Å². The van der Waals surface area contributed by atoms with Gasteiger partial charge in [-0.1, -0.05) is 40.9 Å². The lowest BCUT2D eigenvalue weighted by Crippen LogP contribution is -2.13. The highest BCUT2D eigenvalue weighted by molar-refractivity contribution is 7.92. The van der Waals surface area contributed by atoms with Crippen molar-refractivity contribution in [2.24, 2.45) is 10.7 Å². The van der Waals surface area contributed by atoms with E-state index in [4.69, 9.17) is 40.5 Å². The van der Waals surface area contributed by atoms with E-state index in [1.165, 1.54) is 24.3 Å². The normalized spacial score (nSPS) is 13.1. The number of pyridine rings is 1. The van der Waals surface area contributed by atoms with Crippen molar-refractivity contribution in [3.05, 3.63) is 74.9 Å². The smallest absolute Gasteiger partial charge is 0.261 e. The standard InChI is InChI=1S/C19H13Cl3N4O2S/c20-14-5-3-12(8-16(14)22)29(27,28)26-11-2-4-13(15(21)7-11)17-6-1-10-9-24-19(23)18(10)25-17/h1-8,26H,9H2,(H2,23,24). The number of fused-ring (bicyclic) bond motifs is 1. The number of sulfonamides is 1. The quantitative estimate of drug-likeness (QED) is 0.579. The highest BCUT2D eigenvalue weighted by Gasteiger charge is 2.19. The number of nitrogens with one attached hydrogen (secondary N) is 1. The molecule has 0 radical (unpaired) electrons. The average molecular weight is 468 g/mol. The highest BCUT2D eigenvalue weighted by Crippen LogP contribution is 2.32. The third-order valence-electron chi connectivity index (χ3n) is 4.34. The van der Waals surface area contributed by atoms with Crippen LogP contribution in [0.1, 0.15) is 11.3 Å². The number of amidine groups is 1. The predicted molar refractivity (Wildman–Crippen MR) is 116 cm³/mol. The molecule has 29 heavy (non-hydrogen) atoms. The Morgan fingerprint density at radius 3 is 2.45 bits per heavy atom. The van der Waals surface area contributed by atoms with Crippen molar-refractivity contribution in [2.75, 3.05) is 4.72 Å². The predicted octanol–water partition coefficient (Wildman–Crippen LogP) is 4.73. The maximum absolute atomic E-state index is 12.6. The molecule has 6 nitrogen and oxygen atoms in total. The lowest BCUT2D eigenvalue weighted by Gasteiger charge is -2.11. The van der Waals surface area contributed by atoms with Crippen LogP contribution in [0.4, 0.5) is 5.69 Å². The van der Waals surface area contributed by atoms with Crippen LogP contribution in [0.2, 0.25) is 15.1 Å². The lowest BCUT2D eigenvalue weighted by molar-refractivity contribution is 0.601. The monoisotopic (exact) mass is 466 g/mol. The molecule has 1 aliphatic rings. The minimum atomic E-state index is -3.86. The van der Waals surface area contributed by atoms with E-state index in [1.807, 2.05) is 12.1 Å². The van der Waals surface area contributed by atoms with Crippen molar-refractivity contribution in [1.29, 1.82) is 0 Å².